The Morgan fingerprint density at radius 3 is 3.00 bits per heavy atom. The molecule has 1 aliphatic rings. The molecule has 1 N–H and O–H groups in total. The van der Waals surface area contributed by atoms with Crippen molar-refractivity contribution in [2.24, 2.45) is 0 Å². The molecule has 5 nitrogen and oxygen atoms in total. The average molecular weight is 257 g/mol. The quantitative estimate of drug-likeness (QED) is 0.902. The van der Waals surface area contributed by atoms with Crippen LogP contribution in [0.2, 0.25) is 0 Å². The molecule has 1 heterocycles. The molecule has 0 radical (unpaired) electrons. The number of benzene rings is 1. The molecule has 1 saturated carbocycles. The van der Waals surface area contributed by atoms with Crippen LogP contribution in [0.25, 0.3) is 5.69 Å². The highest BCUT2D eigenvalue weighted by molar-refractivity contribution is 5.41. The van der Waals surface area contributed by atoms with E-state index in [2.05, 4.69) is 15.4 Å². The van der Waals surface area contributed by atoms with E-state index in [1.54, 1.807) is 6.07 Å². The molecule has 3 rings (SSSR count). The molecular weight excluding hydrogens is 245 g/mol. The van der Waals surface area contributed by atoms with Gasteiger partial charge in [-0.05, 0) is 24.5 Å². The Labute approximate surface area is 109 Å². The molecule has 19 heavy (non-hydrogen) atoms. The van der Waals surface area contributed by atoms with Crippen molar-refractivity contribution in [3.05, 3.63) is 41.7 Å². The van der Waals surface area contributed by atoms with Crippen molar-refractivity contribution in [1.29, 1.82) is 5.26 Å². The Morgan fingerprint density at radius 1 is 1.47 bits per heavy atom. The zero-order valence-electron chi connectivity index (χ0n) is 10.2. The monoisotopic (exact) mass is 257 g/mol. The third-order valence-electron chi connectivity index (χ3n) is 3.05. The summed E-state index contributed by atoms with van der Waals surface area (Å²) in [6, 6.07) is 7.28. The van der Waals surface area contributed by atoms with Gasteiger partial charge in [0.25, 0.3) is 5.82 Å². The maximum absolute atomic E-state index is 14.0. The van der Waals surface area contributed by atoms with Gasteiger partial charge in [-0.1, -0.05) is 12.1 Å². The third kappa shape index (κ3) is 2.46. The number of nitrogens with zero attached hydrogens (tertiary/aromatic N) is 4. The van der Waals surface area contributed by atoms with Gasteiger partial charge < -0.3 is 5.32 Å². The van der Waals surface area contributed by atoms with Crippen molar-refractivity contribution in [3.63, 3.8) is 0 Å². The number of nitrogens with one attached hydrogen (secondary N) is 1. The van der Waals surface area contributed by atoms with Gasteiger partial charge in [-0.3, -0.25) is 0 Å². The van der Waals surface area contributed by atoms with Crippen LogP contribution in [-0.4, -0.2) is 20.8 Å². The van der Waals surface area contributed by atoms with Crippen LogP contribution >= 0.6 is 0 Å². The number of hydrogen-bond donors (Lipinski definition) is 1. The molecule has 1 fully saturated rings. The van der Waals surface area contributed by atoms with Gasteiger partial charge in [0.05, 0.1) is 0 Å². The van der Waals surface area contributed by atoms with Crippen LogP contribution in [0, 0.1) is 17.1 Å². The Kier molecular flexibility index (Phi) is 2.97. The van der Waals surface area contributed by atoms with Crippen LogP contribution in [-0.2, 0) is 6.54 Å². The lowest BCUT2D eigenvalue weighted by atomic mass is 10.1. The van der Waals surface area contributed by atoms with Crippen molar-refractivity contribution in [2.45, 2.75) is 25.4 Å². The summed E-state index contributed by atoms with van der Waals surface area (Å²) in [6.07, 6.45) is 3.71. The SMILES string of the molecule is N#Cc1ncn(-c2c(F)cccc2CNC2CC2)n1. The second kappa shape index (κ2) is 4.78. The van der Waals surface area contributed by atoms with Crippen molar-refractivity contribution in [2.75, 3.05) is 0 Å². The number of para-hydroxylation sites is 1. The summed E-state index contributed by atoms with van der Waals surface area (Å²) >= 11 is 0. The lowest BCUT2D eigenvalue weighted by Crippen LogP contribution is -2.17. The summed E-state index contributed by atoms with van der Waals surface area (Å²) in [4.78, 5) is 3.80. The Hall–Kier alpha value is -2.26. The van der Waals surface area contributed by atoms with Crippen LogP contribution in [0.5, 0.6) is 0 Å². The molecule has 0 unspecified atom stereocenters. The van der Waals surface area contributed by atoms with Crippen molar-refractivity contribution < 1.29 is 4.39 Å². The van der Waals surface area contributed by atoms with E-state index in [0.29, 0.717) is 18.3 Å². The van der Waals surface area contributed by atoms with Crippen molar-refractivity contribution in [3.8, 4) is 11.8 Å². The third-order valence-corrected chi connectivity index (χ3v) is 3.05. The summed E-state index contributed by atoms with van der Waals surface area (Å²) < 4.78 is 15.3. The number of nitriles is 1. The molecule has 0 bridgehead atoms. The first-order valence-corrected chi connectivity index (χ1v) is 6.11. The van der Waals surface area contributed by atoms with Gasteiger partial charge in [-0.2, -0.15) is 5.26 Å². The maximum atomic E-state index is 14.0. The van der Waals surface area contributed by atoms with E-state index in [1.807, 2.05) is 12.1 Å². The van der Waals surface area contributed by atoms with Crippen molar-refractivity contribution >= 4 is 0 Å². The average Bonchev–Trinajstić information content (AvgIpc) is 3.13. The highest BCUT2D eigenvalue weighted by Crippen LogP contribution is 2.22. The fraction of sp³-hybridized carbons (Fsp3) is 0.308. The molecule has 0 spiro atoms. The van der Waals surface area contributed by atoms with Gasteiger partial charge in [0.15, 0.2) is 0 Å². The van der Waals surface area contributed by atoms with Gasteiger partial charge in [0.1, 0.15) is 23.9 Å². The van der Waals surface area contributed by atoms with Crippen LogP contribution in [0.15, 0.2) is 24.5 Å². The Morgan fingerprint density at radius 2 is 2.32 bits per heavy atom. The van der Waals surface area contributed by atoms with E-state index in [4.69, 9.17) is 5.26 Å². The summed E-state index contributed by atoms with van der Waals surface area (Å²) in [6.45, 7) is 0.583. The molecule has 2 aromatic rings. The predicted octanol–water partition coefficient (Wildman–Crippen LogP) is 1.53. The second-order valence-corrected chi connectivity index (χ2v) is 4.53. The van der Waals surface area contributed by atoms with Crippen LogP contribution in [0.4, 0.5) is 4.39 Å². The van der Waals surface area contributed by atoms with E-state index < -0.39 is 0 Å². The lowest BCUT2D eigenvalue weighted by Gasteiger charge is -2.10. The summed E-state index contributed by atoms with van der Waals surface area (Å²) in [5, 5.41) is 16.0. The van der Waals surface area contributed by atoms with E-state index in [1.165, 1.54) is 29.9 Å². The predicted molar refractivity (Wildman–Crippen MR) is 65.9 cm³/mol. The summed E-state index contributed by atoms with van der Waals surface area (Å²) in [5.74, 6) is -0.339. The van der Waals surface area contributed by atoms with Crippen LogP contribution in [0.3, 0.4) is 0 Å². The highest BCUT2D eigenvalue weighted by atomic mass is 19.1. The van der Waals surface area contributed by atoms with Crippen LogP contribution in [0.1, 0.15) is 24.2 Å². The molecule has 0 saturated heterocycles. The molecule has 0 aliphatic heterocycles. The number of rotatable bonds is 4. The van der Waals surface area contributed by atoms with E-state index in [0.717, 1.165) is 5.56 Å². The van der Waals surface area contributed by atoms with Gasteiger partial charge >= 0.3 is 0 Å². The molecule has 96 valence electrons. The number of hydrogen-bond acceptors (Lipinski definition) is 4. The first-order valence-electron chi connectivity index (χ1n) is 6.11. The number of aromatic nitrogens is 3. The van der Waals surface area contributed by atoms with Crippen LogP contribution < -0.4 is 5.32 Å². The summed E-state index contributed by atoms with van der Waals surface area (Å²) in [5.41, 5.74) is 1.16. The fourth-order valence-electron chi connectivity index (χ4n) is 1.92. The normalized spacial score (nSPS) is 14.3. The number of halogens is 1. The second-order valence-electron chi connectivity index (χ2n) is 4.53. The first-order chi connectivity index (χ1) is 9.28. The maximum Gasteiger partial charge on any atom is 0.252 e. The van der Waals surface area contributed by atoms with Gasteiger partial charge in [-0.15, -0.1) is 5.10 Å². The molecule has 1 aromatic carbocycles. The zero-order chi connectivity index (χ0) is 13.2. The van der Waals surface area contributed by atoms with Crippen molar-refractivity contribution in [1.82, 2.24) is 20.1 Å². The first kappa shape index (κ1) is 11.8. The van der Waals surface area contributed by atoms with Gasteiger partial charge in [0.2, 0.25) is 0 Å². The molecule has 1 aliphatic carbocycles. The minimum absolute atomic E-state index is 0.0318. The van der Waals surface area contributed by atoms with Gasteiger partial charge in [-0.25, -0.2) is 14.1 Å². The van der Waals surface area contributed by atoms with Gasteiger partial charge in [0, 0.05) is 12.6 Å². The van der Waals surface area contributed by atoms with E-state index >= 15 is 0 Å². The minimum atomic E-state index is -0.371. The van der Waals surface area contributed by atoms with E-state index in [9.17, 15) is 4.39 Å². The van der Waals surface area contributed by atoms with E-state index in [-0.39, 0.29) is 11.6 Å². The zero-order valence-corrected chi connectivity index (χ0v) is 10.2. The topological polar surface area (TPSA) is 66.5 Å². The fourth-order valence-corrected chi connectivity index (χ4v) is 1.92. The summed E-state index contributed by atoms with van der Waals surface area (Å²) in [7, 11) is 0. The molecular formula is C13H12FN5. The Balaban J connectivity index is 1.95. The molecule has 0 amide bonds. The molecule has 0 atom stereocenters. The molecule has 6 heteroatoms. The largest absolute Gasteiger partial charge is 0.310 e. The highest BCUT2D eigenvalue weighted by Gasteiger charge is 2.21. The minimum Gasteiger partial charge on any atom is -0.310 e. The smallest absolute Gasteiger partial charge is 0.252 e. The standard InChI is InChI=1S/C13H12FN5/c14-11-3-1-2-9(7-16-10-4-5-10)13(11)19-8-17-12(6-15)18-19/h1-3,8,10,16H,4-5,7H2. The molecule has 1 aromatic heterocycles. The Bertz CT molecular complexity index is 639. The lowest BCUT2D eigenvalue weighted by molar-refractivity contribution is 0.600.